The molecule has 2 N–H and O–H groups in total. The Kier molecular flexibility index (Phi) is 4.14. The van der Waals surface area contributed by atoms with Crippen LogP contribution < -0.4 is 5.32 Å². The predicted molar refractivity (Wildman–Crippen MR) is 81.8 cm³/mol. The maximum Gasteiger partial charge on any atom is 0.0802 e. The quantitative estimate of drug-likeness (QED) is 0.892. The summed E-state index contributed by atoms with van der Waals surface area (Å²) in [4.78, 5) is 0. The van der Waals surface area contributed by atoms with Gasteiger partial charge in [0, 0.05) is 12.0 Å². The molecule has 104 valence electrons. The van der Waals surface area contributed by atoms with Crippen molar-refractivity contribution in [3.05, 3.63) is 71.8 Å². The normalized spacial score (nSPS) is 20.2. The van der Waals surface area contributed by atoms with E-state index in [1.807, 2.05) is 36.4 Å². The Morgan fingerprint density at radius 3 is 1.90 bits per heavy atom. The van der Waals surface area contributed by atoms with Crippen LogP contribution in [0.25, 0.3) is 0 Å². The fraction of sp³-hybridized carbons (Fsp3) is 0.333. The molecule has 2 aromatic rings. The van der Waals surface area contributed by atoms with E-state index in [4.69, 9.17) is 0 Å². The standard InChI is InChI=1S/C18H21NO/c20-18(16-12-7-13-19-16)17(14-8-3-1-4-9-14)15-10-5-2-6-11-15/h1-6,8-11,16-20H,7,12-13H2/t16-,18?/m1/s1. The molecule has 0 aliphatic carbocycles. The minimum Gasteiger partial charge on any atom is -0.391 e. The van der Waals surface area contributed by atoms with Crippen LogP contribution >= 0.6 is 0 Å². The first-order chi connectivity index (χ1) is 9.86. The number of hydrogen-bond acceptors (Lipinski definition) is 2. The fourth-order valence-electron chi connectivity index (χ4n) is 3.14. The molecule has 0 radical (unpaired) electrons. The van der Waals surface area contributed by atoms with E-state index in [0.717, 1.165) is 19.4 Å². The average molecular weight is 267 g/mol. The maximum absolute atomic E-state index is 10.9. The molecule has 1 fully saturated rings. The van der Waals surface area contributed by atoms with E-state index in [0.29, 0.717) is 0 Å². The van der Waals surface area contributed by atoms with Gasteiger partial charge in [-0.05, 0) is 30.5 Å². The molecule has 20 heavy (non-hydrogen) atoms. The predicted octanol–water partition coefficient (Wildman–Crippen LogP) is 2.93. The second-order valence-corrected chi connectivity index (χ2v) is 5.49. The summed E-state index contributed by atoms with van der Waals surface area (Å²) >= 11 is 0. The third-order valence-corrected chi connectivity index (χ3v) is 4.17. The van der Waals surface area contributed by atoms with Crippen molar-refractivity contribution in [3.8, 4) is 0 Å². The minimum absolute atomic E-state index is 0.0352. The molecule has 0 bridgehead atoms. The molecule has 2 heteroatoms. The summed E-state index contributed by atoms with van der Waals surface area (Å²) in [5.41, 5.74) is 2.36. The van der Waals surface area contributed by atoms with Crippen LogP contribution in [-0.4, -0.2) is 23.8 Å². The highest BCUT2D eigenvalue weighted by Gasteiger charge is 2.31. The molecule has 0 aromatic heterocycles. The van der Waals surface area contributed by atoms with E-state index in [9.17, 15) is 5.11 Å². The first kappa shape index (κ1) is 13.3. The van der Waals surface area contributed by atoms with Gasteiger partial charge in [-0.1, -0.05) is 60.7 Å². The number of hydrogen-bond donors (Lipinski definition) is 2. The highest BCUT2D eigenvalue weighted by molar-refractivity contribution is 5.34. The third kappa shape index (κ3) is 2.77. The maximum atomic E-state index is 10.9. The van der Waals surface area contributed by atoms with Crippen molar-refractivity contribution in [1.29, 1.82) is 0 Å². The molecule has 1 unspecified atom stereocenters. The largest absolute Gasteiger partial charge is 0.391 e. The van der Waals surface area contributed by atoms with Gasteiger partial charge in [-0.15, -0.1) is 0 Å². The number of aliphatic hydroxyl groups is 1. The molecule has 1 aliphatic rings. The lowest BCUT2D eigenvalue weighted by atomic mass is 9.83. The highest BCUT2D eigenvalue weighted by Crippen LogP contribution is 2.31. The van der Waals surface area contributed by atoms with Crippen LogP contribution in [0.1, 0.15) is 29.9 Å². The SMILES string of the molecule is OC(C(c1ccccc1)c1ccccc1)[C@H]1CCCN1. The lowest BCUT2D eigenvalue weighted by molar-refractivity contribution is 0.119. The van der Waals surface area contributed by atoms with Crippen molar-refractivity contribution in [2.45, 2.75) is 30.9 Å². The van der Waals surface area contributed by atoms with Crippen LogP contribution in [0.2, 0.25) is 0 Å². The number of nitrogens with one attached hydrogen (secondary N) is 1. The summed E-state index contributed by atoms with van der Waals surface area (Å²) in [6.07, 6.45) is 1.82. The Labute approximate surface area is 120 Å². The summed E-state index contributed by atoms with van der Waals surface area (Å²) in [7, 11) is 0. The monoisotopic (exact) mass is 267 g/mol. The molecule has 1 saturated heterocycles. The van der Waals surface area contributed by atoms with E-state index < -0.39 is 0 Å². The summed E-state index contributed by atoms with van der Waals surface area (Å²) < 4.78 is 0. The fourth-order valence-corrected chi connectivity index (χ4v) is 3.14. The zero-order valence-electron chi connectivity index (χ0n) is 11.6. The summed E-state index contributed by atoms with van der Waals surface area (Å²) in [6.45, 7) is 1.01. The Hall–Kier alpha value is -1.64. The zero-order chi connectivity index (χ0) is 13.8. The second kappa shape index (κ2) is 6.21. The molecule has 3 rings (SSSR count). The molecule has 0 spiro atoms. The lowest BCUT2D eigenvalue weighted by Gasteiger charge is -2.28. The van der Waals surface area contributed by atoms with Gasteiger partial charge in [0.25, 0.3) is 0 Å². The van der Waals surface area contributed by atoms with Crippen LogP contribution in [0.15, 0.2) is 60.7 Å². The van der Waals surface area contributed by atoms with E-state index >= 15 is 0 Å². The highest BCUT2D eigenvalue weighted by atomic mass is 16.3. The lowest BCUT2D eigenvalue weighted by Crippen LogP contribution is -2.39. The Morgan fingerprint density at radius 2 is 1.45 bits per heavy atom. The Morgan fingerprint density at radius 1 is 0.900 bits per heavy atom. The topological polar surface area (TPSA) is 32.3 Å². The molecule has 0 saturated carbocycles. The van der Waals surface area contributed by atoms with Gasteiger partial charge in [0.15, 0.2) is 0 Å². The molecule has 2 nitrogen and oxygen atoms in total. The van der Waals surface area contributed by atoms with Crippen molar-refractivity contribution in [2.24, 2.45) is 0 Å². The van der Waals surface area contributed by atoms with E-state index in [1.54, 1.807) is 0 Å². The van der Waals surface area contributed by atoms with Crippen molar-refractivity contribution in [1.82, 2.24) is 5.32 Å². The zero-order valence-corrected chi connectivity index (χ0v) is 11.6. The van der Waals surface area contributed by atoms with Crippen LogP contribution in [0.3, 0.4) is 0 Å². The molecule has 1 aliphatic heterocycles. The summed E-state index contributed by atoms with van der Waals surface area (Å²) in [6, 6.07) is 20.8. The minimum atomic E-state index is -0.387. The molecule has 0 amide bonds. The van der Waals surface area contributed by atoms with Crippen LogP contribution in [-0.2, 0) is 0 Å². The molecule has 1 heterocycles. The molecule has 2 atom stereocenters. The van der Waals surface area contributed by atoms with Gasteiger partial charge in [0.05, 0.1) is 6.10 Å². The molecular weight excluding hydrogens is 246 g/mol. The van der Waals surface area contributed by atoms with Gasteiger partial charge in [0.2, 0.25) is 0 Å². The van der Waals surface area contributed by atoms with Gasteiger partial charge in [-0.25, -0.2) is 0 Å². The van der Waals surface area contributed by atoms with Gasteiger partial charge in [-0.3, -0.25) is 0 Å². The van der Waals surface area contributed by atoms with E-state index in [1.165, 1.54) is 11.1 Å². The van der Waals surface area contributed by atoms with E-state index in [2.05, 4.69) is 29.6 Å². The Bertz CT molecular complexity index is 480. The summed E-state index contributed by atoms with van der Waals surface area (Å²) in [5, 5.41) is 14.3. The third-order valence-electron chi connectivity index (χ3n) is 4.17. The molecular formula is C18H21NO. The number of benzene rings is 2. The van der Waals surface area contributed by atoms with Crippen molar-refractivity contribution in [3.63, 3.8) is 0 Å². The second-order valence-electron chi connectivity index (χ2n) is 5.49. The van der Waals surface area contributed by atoms with Gasteiger partial charge < -0.3 is 10.4 Å². The van der Waals surface area contributed by atoms with E-state index in [-0.39, 0.29) is 18.1 Å². The first-order valence-electron chi connectivity index (χ1n) is 7.37. The number of aliphatic hydroxyl groups excluding tert-OH is 1. The van der Waals surface area contributed by atoms with Gasteiger partial charge in [-0.2, -0.15) is 0 Å². The van der Waals surface area contributed by atoms with Gasteiger partial charge >= 0.3 is 0 Å². The van der Waals surface area contributed by atoms with Crippen LogP contribution in [0.5, 0.6) is 0 Å². The Balaban J connectivity index is 1.95. The smallest absolute Gasteiger partial charge is 0.0802 e. The van der Waals surface area contributed by atoms with Crippen molar-refractivity contribution >= 4 is 0 Å². The van der Waals surface area contributed by atoms with Crippen LogP contribution in [0.4, 0.5) is 0 Å². The van der Waals surface area contributed by atoms with Gasteiger partial charge in [0.1, 0.15) is 0 Å². The van der Waals surface area contributed by atoms with Crippen LogP contribution in [0, 0.1) is 0 Å². The van der Waals surface area contributed by atoms with Crippen molar-refractivity contribution < 1.29 is 5.11 Å². The van der Waals surface area contributed by atoms with Crippen molar-refractivity contribution in [2.75, 3.05) is 6.54 Å². The first-order valence-corrected chi connectivity index (χ1v) is 7.37. The number of rotatable bonds is 4. The summed E-state index contributed by atoms with van der Waals surface area (Å²) in [5.74, 6) is 0.0352. The average Bonchev–Trinajstić information content (AvgIpc) is 3.04. The molecule has 2 aromatic carbocycles.